The second-order valence-electron chi connectivity index (χ2n) is 4.56. The molecule has 6 nitrogen and oxygen atoms in total. The summed E-state index contributed by atoms with van der Waals surface area (Å²) in [5.41, 5.74) is 0. The molecule has 7 heteroatoms. The van der Waals surface area contributed by atoms with Gasteiger partial charge in [-0.15, -0.1) is 11.6 Å². The van der Waals surface area contributed by atoms with Gasteiger partial charge in [0.15, 0.2) is 0 Å². The number of likely N-dealkylation sites (tertiary alicyclic amines) is 1. The first-order valence-electron chi connectivity index (χ1n) is 6.59. The van der Waals surface area contributed by atoms with E-state index in [4.69, 9.17) is 21.1 Å². The number of nitrogens with zero attached hydrogens (tertiary/aromatic N) is 3. The third-order valence-electron chi connectivity index (χ3n) is 3.13. The number of piperidine rings is 1. The van der Waals surface area contributed by atoms with E-state index in [1.807, 2.05) is 0 Å². The topological polar surface area (TPSA) is 64.6 Å². The summed E-state index contributed by atoms with van der Waals surface area (Å²) in [5, 5.41) is 0. The second kappa shape index (κ2) is 7.28. The van der Waals surface area contributed by atoms with Crippen LogP contribution in [0.4, 0.5) is 0 Å². The average Bonchev–Trinajstić information content (AvgIpc) is 2.48. The highest BCUT2D eigenvalue weighted by atomic mass is 35.5. The van der Waals surface area contributed by atoms with Crippen LogP contribution in [0.1, 0.15) is 19.3 Å². The Bertz CT molecular complexity index is 458. The van der Waals surface area contributed by atoms with Crippen molar-refractivity contribution in [1.82, 2.24) is 14.9 Å². The number of methoxy groups -OCH3 is 1. The van der Waals surface area contributed by atoms with E-state index in [1.54, 1.807) is 11.1 Å². The molecule has 1 aliphatic heterocycles. The highest BCUT2D eigenvalue weighted by Crippen LogP contribution is 2.18. The highest BCUT2D eigenvalue weighted by Gasteiger charge is 2.24. The first-order chi connectivity index (χ1) is 9.72. The number of halogens is 1. The second-order valence-corrected chi connectivity index (χ2v) is 4.94. The first kappa shape index (κ1) is 14.8. The standard InChI is InChI=1S/C13H18ClN3O3/c1-19-11-7-15-8-12(16-11)20-10-3-2-6-17(9-10)13(18)4-5-14/h7-8,10H,2-6,9H2,1H3. The Hall–Kier alpha value is -1.56. The summed E-state index contributed by atoms with van der Waals surface area (Å²) in [6.45, 7) is 1.33. The molecule has 0 aromatic carbocycles. The fourth-order valence-corrected chi connectivity index (χ4v) is 2.32. The van der Waals surface area contributed by atoms with Gasteiger partial charge in [-0.3, -0.25) is 9.78 Å². The molecule has 0 bridgehead atoms. The summed E-state index contributed by atoms with van der Waals surface area (Å²) >= 11 is 5.60. The van der Waals surface area contributed by atoms with Crippen molar-refractivity contribution in [3.8, 4) is 11.8 Å². The molecule has 1 aromatic heterocycles. The molecule has 0 aliphatic carbocycles. The maximum atomic E-state index is 11.8. The molecule has 0 saturated carbocycles. The van der Waals surface area contributed by atoms with Crippen molar-refractivity contribution < 1.29 is 14.3 Å². The lowest BCUT2D eigenvalue weighted by molar-refractivity contribution is -0.133. The van der Waals surface area contributed by atoms with Crippen LogP contribution >= 0.6 is 11.6 Å². The fourth-order valence-electron chi connectivity index (χ4n) is 2.16. The van der Waals surface area contributed by atoms with E-state index in [0.29, 0.717) is 30.6 Å². The van der Waals surface area contributed by atoms with E-state index in [-0.39, 0.29) is 12.0 Å². The molecule has 1 saturated heterocycles. The number of hydrogen-bond acceptors (Lipinski definition) is 5. The van der Waals surface area contributed by atoms with Crippen LogP contribution in [0.25, 0.3) is 0 Å². The lowest BCUT2D eigenvalue weighted by Crippen LogP contribution is -2.44. The molecule has 20 heavy (non-hydrogen) atoms. The predicted molar refractivity (Wildman–Crippen MR) is 74.2 cm³/mol. The van der Waals surface area contributed by atoms with Crippen LogP contribution in [0.15, 0.2) is 12.4 Å². The largest absolute Gasteiger partial charge is 0.480 e. The molecular formula is C13H18ClN3O3. The van der Waals surface area contributed by atoms with Crippen molar-refractivity contribution in [3.05, 3.63) is 12.4 Å². The zero-order chi connectivity index (χ0) is 14.4. The molecule has 110 valence electrons. The third kappa shape index (κ3) is 3.96. The van der Waals surface area contributed by atoms with Crippen LogP contribution in [0.5, 0.6) is 11.8 Å². The SMILES string of the molecule is COc1cncc(OC2CCCN(C(=O)CCCl)C2)n1. The van der Waals surface area contributed by atoms with Crippen molar-refractivity contribution in [2.45, 2.75) is 25.4 Å². The van der Waals surface area contributed by atoms with Gasteiger partial charge in [-0.1, -0.05) is 0 Å². The average molecular weight is 300 g/mol. The van der Waals surface area contributed by atoms with Crippen LogP contribution in [0, 0.1) is 0 Å². The molecule has 1 atom stereocenters. The van der Waals surface area contributed by atoms with Gasteiger partial charge in [-0.25, -0.2) is 0 Å². The zero-order valence-corrected chi connectivity index (χ0v) is 12.2. The van der Waals surface area contributed by atoms with Gasteiger partial charge in [0.05, 0.1) is 26.0 Å². The zero-order valence-electron chi connectivity index (χ0n) is 11.4. The molecule has 1 fully saturated rings. The number of ether oxygens (including phenoxy) is 2. The van der Waals surface area contributed by atoms with Crippen molar-refractivity contribution in [2.24, 2.45) is 0 Å². The summed E-state index contributed by atoms with van der Waals surface area (Å²) < 4.78 is 10.8. The van der Waals surface area contributed by atoms with E-state index in [9.17, 15) is 4.79 Å². The van der Waals surface area contributed by atoms with Crippen LogP contribution in [-0.4, -0.2) is 53.0 Å². The number of hydrogen-bond donors (Lipinski definition) is 0. The van der Waals surface area contributed by atoms with Crippen LogP contribution < -0.4 is 9.47 Å². The van der Waals surface area contributed by atoms with Crippen molar-refractivity contribution in [1.29, 1.82) is 0 Å². The number of rotatable bonds is 5. The highest BCUT2D eigenvalue weighted by molar-refractivity contribution is 6.18. The molecular weight excluding hydrogens is 282 g/mol. The fraction of sp³-hybridized carbons (Fsp3) is 0.615. The molecule has 1 aliphatic rings. The van der Waals surface area contributed by atoms with Crippen LogP contribution in [0.2, 0.25) is 0 Å². The summed E-state index contributed by atoms with van der Waals surface area (Å²) in [7, 11) is 1.53. The van der Waals surface area contributed by atoms with Gasteiger partial charge in [0.1, 0.15) is 6.10 Å². The monoisotopic (exact) mass is 299 g/mol. The van der Waals surface area contributed by atoms with Crippen LogP contribution in [-0.2, 0) is 4.79 Å². The van der Waals surface area contributed by atoms with E-state index in [1.165, 1.54) is 13.3 Å². The molecule has 0 N–H and O–H groups in total. The quantitative estimate of drug-likeness (QED) is 0.771. The Labute approximate surface area is 123 Å². The van der Waals surface area contributed by atoms with E-state index < -0.39 is 0 Å². The molecule has 1 unspecified atom stereocenters. The van der Waals surface area contributed by atoms with Crippen LogP contribution in [0.3, 0.4) is 0 Å². The number of amides is 1. The Balaban J connectivity index is 1.93. The number of aromatic nitrogens is 2. The van der Waals surface area contributed by atoms with Gasteiger partial charge in [-0.2, -0.15) is 4.98 Å². The normalized spacial score (nSPS) is 18.7. The number of carbonyl (C=O) groups excluding carboxylic acids is 1. The molecule has 1 aromatic rings. The predicted octanol–water partition coefficient (Wildman–Crippen LogP) is 1.48. The van der Waals surface area contributed by atoms with Crippen molar-refractivity contribution in [3.63, 3.8) is 0 Å². The molecule has 1 amide bonds. The molecule has 0 radical (unpaired) electrons. The molecule has 2 rings (SSSR count). The Morgan fingerprint density at radius 3 is 3.05 bits per heavy atom. The summed E-state index contributed by atoms with van der Waals surface area (Å²) in [6.07, 6.45) is 5.17. The van der Waals surface area contributed by atoms with Gasteiger partial charge in [0.2, 0.25) is 17.7 Å². The minimum atomic E-state index is -0.0653. The van der Waals surface area contributed by atoms with E-state index in [0.717, 1.165) is 19.4 Å². The van der Waals surface area contributed by atoms with Crippen molar-refractivity contribution >= 4 is 17.5 Å². The maximum absolute atomic E-state index is 11.8. The van der Waals surface area contributed by atoms with Crippen molar-refractivity contribution in [2.75, 3.05) is 26.1 Å². The summed E-state index contributed by atoms with van der Waals surface area (Å²) in [6, 6.07) is 0. The van der Waals surface area contributed by atoms with Gasteiger partial charge in [0, 0.05) is 18.8 Å². The summed E-state index contributed by atoms with van der Waals surface area (Å²) in [4.78, 5) is 21.8. The number of carbonyl (C=O) groups is 1. The smallest absolute Gasteiger partial charge is 0.235 e. The first-order valence-corrected chi connectivity index (χ1v) is 7.13. The maximum Gasteiger partial charge on any atom is 0.235 e. The molecule has 0 spiro atoms. The third-order valence-corrected chi connectivity index (χ3v) is 3.32. The van der Waals surface area contributed by atoms with E-state index >= 15 is 0 Å². The number of alkyl halides is 1. The lowest BCUT2D eigenvalue weighted by atomic mass is 10.1. The minimum Gasteiger partial charge on any atom is -0.480 e. The summed E-state index contributed by atoms with van der Waals surface area (Å²) in [5.74, 6) is 1.25. The van der Waals surface area contributed by atoms with Gasteiger partial charge in [-0.05, 0) is 12.8 Å². The Morgan fingerprint density at radius 1 is 1.50 bits per heavy atom. The minimum absolute atomic E-state index is 0.0653. The van der Waals surface area contributed by atoms with E-state index in [2.05, 4.69) is 9.97 Å². The van der Waals surface area contributed by atoms with Gasteiger partial charge in [0.25, 0.3) is 0 Å². The Kier molecular flexibility index (Phi) is 5.40. The Morgan fingerprint density at radius 2 is 2.30 bits per heavy atom. The van der Waals surface area contributed by atoms with Gasteiger partial charge >= 0.3 is 0 Å². The lowest BCUT2D eigenvalue weighted by Gasteiger charge is -2.32. The molecule has 2 heterocycles. The van der Waals surface area contributed by atoms with Gasteiger partial charge < -0.3 is 14.4 Å².